The van der Waals surface area contributed by atoms with Crippen LogP contribution in [0.5, 0.6) is 0 Å². The van der Waals surface area contributed by atoms with Gasteiger partial charge in [-0.2, -0.15) is 0 Å². The molecule has 2 rings (SSSR count). The number of benzene rings is 1. The molecule has 1 aliphatic heterocycles. The first-order valence-electron chi connectivity index (χ1n) is 5.46. The zero-order chi connectivity index (χ0) is 12.3. The highest BCUT2D eigenvalue weighted by Gasteiger charge is 2.25. The SMILES string of the molecule is O=C1CNCC(=O)N1CCc1ccccc1F. The van der Waals surface area contributed by atoms with Gasteiger partial charge in [-0.1, -0.05) is 18.2 Å². The highest BCUT2D eigenvalue weighted by Crippen LogP contribution is 2.08. The Hall–Kier alpha value is -1.75. The van der Waals surface area contributed by atoms with Crippen LogP contribution in [0.4, 0.5) is 4.39 Å². The quantitative estimate of drug-likeness (QED) is 0.769. The lowest BCUT2D eigenvalue weighted by Gasteiger charge is -2.25. The first kappa shape index (κ1) is 11.7. The van der Waals surface area contributed by atoms with Crippen LogP contribution in [0.15, 0.2) is 24.3 Å². The zero-order valence-electron chi connectivity index (χ0n) is 9.28. The van der Waals surface area contributed by atoms with Gasteiger partial charge in [0, 0.05) is 6.54 Å². The molecular formula is C12H13FN2O2. The van der Waals surface area contributed by atoms with Crippen LogP contribution in [0.2, 0.25) is 0 Å². The van der Waals surface area contributed by atoms with E-state index < -0.39 is 0 Å². The van der Waals surface area contributed by atoms with Gasteiger partial charge in [0.2, 0.25) is 11.8 Å². The van der Waals surface area contributed by atoms with Gasteiger partial charge in [-0.25, -0.2) is 4.39 Å². The molecule has 5 heteroatoms. The van der Waals surface area contributed by atoms with Crippen molar-refractivity contribution in [1.29, 1.82) is 0 Å². The third kappa shape index (κ3) is 2.68. The molecule has 1 heterocycles. The zero-order valence-corrected chi connectivity index (χ0v) is 9.28. The molecule has 0 unspecified atom stereocenters. The highest BCUT2D eigenvalue weighted by molar-refractivity contribution is 5.99. The molecule has 4 nitrogen and oxygen atoms in total. The normalized spacial score (nSPS) is 16.4. The highest BCUT2D eigenvalue weighted by atomic mass is 19.1. The summed E-state index contributed by atoms with van der Waals surface area (Å²) in [6.45, 7) is 0.576. The van der Waals surface area contributed by atoms with Crippen molar-refractivity contribution < 1.29 is 14.0 Å². The van der Waals surface area contributed by atoms with Crippen molar-refractivity contribution in [2.24, 2.45) is 0 Å². The molecule has 2 amide bonds. The Kier molecular flexibility index (Phi) is 3.49. The van der Waals surface area contributed by atoms with Crippen molar-refractivity contribution in [1.82, 2.24) is 10.2 Å². The molecule has 1 N–H and O–H groups in total. The lowest BCUT2D eigenvalue weighted by molar-refractivity contribution is -0.146. The second-order valence-corrected chi connectivity index (χ2v) is 3.88. The number of amides is 2. The van der Waals surface area contributed by atoms with Crippen molar-refractivity contribution in [3.05, 3.63) is 35.6 Å². The predicted octanol–water partition coefficient (Wildman–Crippen LogP) is 0.327. The smallest absolute Gasteiger partial charge is 0.243 e. The summed E-state index contributed by atoms with van der Waals surface area (Å²) in [5, 5.41) is 2.71. The maximum Gasteiger partial charge on any atom is 0.243 e. The van der Waals surface area contributed by atoms with Crippen molar-refractivity contribution in [2.45, 2.75) is 6.42 Å². The number of hydrogen-bond acceptors (Lipinski definition) is 3. The molecule has 1 fully saturated rings. The van der Waals surface area contributed by atoms with E-state index in [1.807, 2.05) is 0 Å². The van der Waals surface area contributed by atoms with Crippen LogP contribution in [0.1, 0.15) is 5.56 Å². The minimum absolute atomic E-state index is 0.170. The molecule has 0 saturated carbocycles. The summed E-state index contributed by atoms with van der Waals surface area (Å²) in [4.78, 5) is 24.1. The molecule has 0 aromatic heterocycles. The monoisotopic (exact) mass is 236 g/mol. The van der Waals surface area contributed by atoms with Crippen LogP contribution in [0.25, 0.3) is 0 Å². The van der Waals surface area contributed by atoms with Crippen LogP contribution in [-0.4, -0.2) is 36.3 Å². The van der Waals surface area contributed by atoms with Crippen molar-refractivity contribution in [3.8, 4) is 0 Å². The van der Waals surface area contributed by atoms with Crippen LogP contribution in [0, 0.1) is 5.82 Å². The Morgan fingerprint density at radius 2 is 1.82 bits per heavy atom. The molecule has 1 aromatic rings. The molecule has 90 valence electrons. The maximum atomic E-state index is 13.3. The molecule has 17 heavy (non-hydrogen) atoms. The molecule has 1 aromatic carbocycles. The molecule has 1 aliphatic rings. The van der Waals surface area contributed by atoms with Crippen LogP contribution in [0.3, 0.4) is 0 Å². The van der Waals surface area contributed by atoms with E-state index in [-0.39, 0.29) is 37.3 Å². The van der Waals surface area contributed by atoms with E-state index in [1.54, 1.807) is 18.2 Å². The van der Waals surface area contributed by atoms with Crippen LogP contribution in [-0.2, 0) is 16.0 Å². The van der Waals surface area contributed by atoms with Gasteiger partial charge < -0.3 is 0 Å². The Labute approximate surface area is 98.4 Å². The second-order valence-electron chi connectivity index (χ2n) is 3.88. The molecule has 0 radical (unpaired) electrons. The third-order valence-corrected chi connectivity index (χ3v) is 2.72. The van der Waals surface area contributed by atoms with Crippen molar-refractivity contribution >= 4 is 11.8 Å². The Morgan fingerprint density at radius 3 is 2.47 bits per heavy atom. The molecule has 1 saturated heterocycles. The lowest BCUT2D eigenvalue weighted by atomic mass is 10.1. The van der Waals surface area contributed by atoms with Gasteiger partial charge in [0.05, 0.1) is 13.1 Å². The minimum atomic E-state index is -0.303. The number of rotatable bonds is 3. The summed E-state index contributed by atoms with van der Waals surface area (Å²) in [5.41, 5.74) is 0.520. The third-order valence-electron chi connectivity index (χ3n) is 2.72. The predicted molar refractivity (Wildman–Crippen MR) is 59.7 cm³/mol. The maximum absolute atomic E-state index is 13.3. The number of hydrogen-bond donors (Lipinski definition) is 1. The Balaban J connectivity index is 2.00. The summed E-state index contributed by atoms with van der Waals surface area (Å²) in [7, 11) is 0. The Morgan fingerprint density at radius 1 is 1.18 bits per heavy atom. The molecule has 0 atom stereocenters. The van der Waals surface area contributed by atoms with E-state index in [2.05, 4.69) is 5.32 Å². The van der Waals surface area contributed by atoms with Gasteiger partial charge >= 0.3 is 0 Å². The van der Waals surface area contributed by atoms with Crippen LogP contribution < -0.4 is 5.32 Å². The number of carbonyl (C=O) groups is 2. The lowest BCUT2D eigenvalue weighted by Crippen LogP contribution is -2.52. The summed E-state index contributed by atoms with van der Waals surface area (Å²) >= 11 is 0. The van der Waals surface area contributed by atoms with Crippen molar-refractivity contribution in [3.63, 3.8) is 0 Å². The topological polar surface area (TPSA) is 49.4 Å². The fourth-order valence-corrected chi connectivity index (χ4v) is 1.79. The summed E-state index contributed by atoms with van der Waals surface area (Å²) < 4.78 is 13.3. The molecular weight excluding hydrogens is 223 g/mol. The molecule has 0 spiro atoms. The summed E-state index contributed by atoms with van der Waals surface area (Å²) in [6.07, 6.45) is 0.351. The van der Waals surface area contributed by atoms with E-state index in [0.717, 1.165) is 0 Å². The van der Waals surface area contributed by atoms with E-state index in [9.17, 15) is 14.0 Å². The summed E-state index contributed by atoms with van der Waals surface area (Å²) in [6, 6.07) is 6.38. The fraction of sp³-hybridized carbons (Fsp3) is 0.333. The summed E-state index contributed by atoms with van der Waals surface area (Å²) in [5.74, 6) is -0.808. The van der Waals surface area contributed by atoms with E-state index in [0.29, 0.717) is 12.0 Å². The Bertz CT molecular complexity index is 432. The molecule has 0 bridgehead atoms. The van der Waals surface area contributed by atoms with Gasteiger partial charge in [0.25, 0.3) is 0 Å². The van der Waals surface area contributed by atoms with E-state index >= 15 is 0 Å². The number of halogens is 1. The van der Waals surface area contributed by atoms with E-state index in [4.69, 9.17) is 0 Å². The van der Waals surface area contributed by atoms with Gasteiger partial charge in [0.1, 0.15) is 5.82 Å². The number of nitrogens with zero attached hydrogens (tertiary/aromatic N) is 1. The van der Waals surface area contributed by atoms with Gasteiger partial charge in [-0.05, 0) is 18.1 Å². The number of imide groups is 1. The van der Waals surface area contributed by atoms with Gasteiger partial charge in [0.15, 0.2) is 0 Å². The standard InChI is InChI=1S/C12H13FN2O2/c13-10-4-2-1-3-9(10)5-6-15-11(16)7-14-8-12(15)17/h1-4,14H,5-8H2. The van der Waals surface area contributed by atoms with Gasteiger partial charge in [-0.3, -0.25) is 19.8 Å². The first-order chi connectivity index (χ1) is 8.18. The minimum Gasteiger partial charge on any atom is -0.300 e. The second kappa shape index (κ2) is 5.05. The number of nitrogens with one attached hydrogen (secondary N) is 1. The number of piperazine rings is 1. The van der Waals surface area contributed by atoms with E-state index in [1.165, 1.54) is 11.0 Å². The average Bonchev–Trinajstić information content (AvgIpc) is 2.30. The van der Waals surface area contributed by atoms with Crippen LogP contribution >= 0.6 is 0 Å². The average molecular weight is 236 g/mol. The fourth-order valence-electron chi connectivity index (χ4n) is 1.79. The first-order valence-corrected chi connectivity index (χ1v) is 5.46. The largest absolute Gasteiger partial charge is 0.300 e. The van der Waals surface area contributed by atoms with Crippen molar-refractivity contribution in [2.75, 3.05) is 19.6 Å². The number of carbonyl (C=O) groups excluding carboxylic acids is 2. The van der Waals surface area contributed by atoms with Gasteiger partial charge in [-0.15, -0.1) is 0 Å². The molecule has 0 aliphatic carbocycles.